The lowest BCUT2D eigenvalue weighted by molar-refractivity contribution is 0.0951. The second kappa shape index (κ2) is 6.89. The van der Waals surface area contributed by atoms with Gasteiger partial charge < -0.3 is 5.32 Å². The van der Waals surface area contributed by atoms with Crippen LogP contribution < -0.4 is 5.32 Å². The molecule has 112 valence electrons. The van der Waals surface area contributed by atoms with Crippen LogP contribution in [0, 0.1) is 10.5 Å². The highest BCUT2D eigenvalue weighted by Crippen LogP contribution is 2.28. The molecule has 0 aliphatic rings. The zero-order chi connectivity index (χ0) is 15.5. The number of amides is 1. The summed E-state index contributed by atoms with van der Waals surface area (Å²) >= 11 is 5.52. The Morgan fingerprint density at radius 1 is 1.32 bits per heavy atom. The van der Waals surface area contributed by atoms with E-state index < -0.39 is 0 Å². The summed E-state index contributed by atoms with van der Waals surface area (Å²) in [5, 5.41) is 6.09. The molecule has 1 aromatic carbocycles. The number of hydrogen-bond acceptors (Lipinski definition) is 4. The van der Waals surface area contributed by atoms with E-state index in [1.165, 1.54) is 0 Å². The second-order valence-corrected chi connectivity index (χ2v) is 8.19. The van der Waals surface area contributed by atoms with Gasteiger partial charge in [0.25, 0.3) is 5.91 Å². The number of rotatable bonds is 4. The van der Waals surface area contributed by atoms with Crippen molar-refractivity contribution in [2.45, 2.75) is 13.5 Å². The number of halogens is 1. The Labute approximate surface area is 150 Å². The van der Waals surface area contributed by atoms with Gasteiger partial charge >= 0.3 is 0 Å². The van der Waals surface area contributed by atoms with E-state index in [0.717, 1.165) is 24.0 Å². The van der Waals surface area contributed by atoms with E-state index in [1.807, 2.05) is 37.3 Å². The molecule has 0 saturated heterocycles. The maximum atomic E-state index is 12.1. The minimum atomic E-state index is -0.0435. The molecule has 0 aliphatic heterocycles. The lowest BCUT2D eigenvalue weighted by Crippen LogP contribution is -2.22. The zero-order valence-electron chi connectivity index (χ0n) is 11.8. The fourth-order valence-corrected chi connectivity index (χ4v) is 4.13. The van der Waals surface area contributed by atoms with Crippen LogP contribution >= 0.6 is 45.3 Å². The molecule has 22 heavy (non-hydrogen) atoms. The summed E-state index contributed by atoms with van der Waals surface area (Å²) in [6.45, 7) is 2.54. The molecule has 1 amide bonds. The zero-order valence-corrected chi connectivity index (χ0v) is 15.6. The quantitative estimate of drug-likeness (QED) is 0.597. The molecule has 3 nitrogen and oxygen atoms in total. The Hall–Kier alpha value is -1.25. The first-order chi connectivity index (χ1) is 10.6. The number of thiophene rings is 1. The van der Waals surface area contributed by atoms with Crippen molar-refractivity contribution in [3.05, 3.63) is 60.8 Å². The predicted octanol–water partition coefficient (Wildman–Crippen LogP) is 4.71. The van der Waals surface area contributed by atoms with E-state index in [1.54, 1.807) is 22.7 Å². The third-order valence-electron chi connectivity index (χ3n) is 3.04. The normalized spacial score (nSPS) is 10.6. The largest absolute Gasteiger partial charge is 0.347 e. The van der Waals surface area contributed by atoms with Crippen molar-refractivity contribution in [3.8, 4) is 10.6 Å². The van der Waals surface area contributed by atoms with E-state index in [4.69, 9.17) is 0 Å². The van der Waals surface area contributed by atoms with Gasteiger partial charge in [-0.05, 0) is 59.8 Å². The molecule has 0 atom stereocenters. The van der Waals surface area contributed by atoms with Gasteiger partial charge in [-0.15, -0.1) is 22.7 Å². The SMILES string of the molecule is Cc1nc(-c2ccc(CNC(=O)c3cccc(I)c3)s2)cs1. The number of carbonyl (C=O) groups excluding carboxylic acids is 1. The van der Waals surface area contributed by atoms with Crippen LogP contribution in [0.3, 0.4) is 0 Å². The van der Waals surface area contributed by atoms with Gasteiger partial charge in [0, 0.05) is 19.4 Å². The molecule has 2 heterocycles. The van der Waals surface area contributed by atoms with Crippen molar-refractivity contribution in [1.82, 2.24) is 10.3 Å². The first-order valence-electron chi connectivity index (χ1n) is 6.67. The molecule has 2 aromatic heterocycles. The highest BCUT2D eigenvalue weighted by molar-refractivity contribution is 14.1. The van der Waals surface area contributed by atoms with Crippen molar-refractivity contribution >= 4 is 51.2 Å². The lowest BCUT2D eigenvalue weighted by Gasteiger charge is -2.04. The smallest absolute Gasteiger partial charge is 0.251 e. The maximum Gasteiger partial charge on any atom is 0.251 e. The first kappa shape index (κ1) is 15.6. The van der Waals surface area contributed by atoms with Gasteiger partial charge in [-0.1, -0.05) is 6.07 Å². The molecular formula is C16H13IN2OS2. The van der Waals surface area contributed by atoms with Crippen LogP contribution in [-0.4, -0.2) is 10.9 Å². The Kier molecular flexibility index (Phi) is 4.90. The molecule has 3 rings (SSSR count). The van der Waals surface area contributed by atoms with Crippen molar-refractivity contribution in [3.63, 3.8) is 0 Å². The fraction of sp³-hybridized carbons (Fsp3) is 0.125. The second-order valence-electron chi connectivity index (χ2n) is 4.71. The summed E-state index contributed by atoms with van der Waals surface area (Å²) < 4.78 is 1.06. The minimum Gasteiger partial charge on any atom is -0.347 e. The van der Waals surface area contributed by atoms with Crippen molar-refractivity contribution in [1.29, 1.82) is 0 Å². The number of thiazole rings is 1. The predicted molar refractivity (Wildman–Crippen MR) is 100 cm³/mol. The Bertz CT molecular complexity index is 810. The summed E-state index contributed by atoms with van der Waals surface area (Å²) in [4.78, 5) is 18.9. The van der Waals surface area contributed by atoms with Crippen LogP contribution in [0.5, 0.6) is 0 Å². The van der Waals surface area contributed by atoms with Gasteiger partial charge in [0.05, 0.1) is 22.1 Å². The van der Waals surface area contributed by atoms with E-state index in [2.05, 4.69) is 44.3 Å². The molecular weight excluding hydrogens is 427 g/mol. The number of nitrogens with zero attached hydrogens (tertiary/aromatic N) is 1. The highest BCUT2D eigenvalue weighted by atomic mass is 127. The molecule has 0 spiro atoms. The van der Waals surface area contributed by atoms with Crippen LogP contribution in [-0.2, 0) is 6.54 Å². The van der Waals surface area contributed by atoms with E-state index in [0.29, 0.717) is 12.1 Å². The monoisotopic (exact) mass is 440 g/mol. The van der Waals surface area contributed by atoms with E-state index in [-0.39, 0.29) is 5.91 Å². The molecule has 0 aliphatic carbocycles. The highest BCUT2D eigenvalue weighted by Gasteiger charge is 2.09. The molecule has 0 saturated carbocycles. The number of benzene rings is 1. The molecule has 0 unspecified atom stereocenters. The minimum absolute atomic E-state index is 0.0435. The third-order valence-corrected chi connectivity index (χ3v) is 5.60. The Morgan fingerprint density at radius 2 is 2.18 bits per heavy atom. The van der Waals surface area contributed by atoms with Crippen LogP contribution in [0.25, 0.3) is 10.6 Å². The van der Waals surface area contributed by atoms with Crippen molar-refractivity contribution in [2.75, 3.05) is 0 Å². The first-order valence-corrected chi connectivity index (χ1v) is 9.44. The number of carbonyl (C=O) groups is 1. The molecule has 6 heteroatoms. The number of nitrogens with one attached hydrogen (secondary N) is 1. The maximum absolute atomic E-state index is 12.1. The standard InChI is InChI=1S/C16H13IN2OS2/c1-10-19-14(9-21-10)15-6-5-13(22-15)8-18-16(20)11-3-2-4-12(17)7-11/h2-7,9H,8H2,1H3,(H,18,20). The summed E-state index contributed by atoms with van der Waals surface area (Å²) in [7, 11) is 0. The van der Waals surface area contributed by atoms with E-state index >= 15 is 0 Å². The molecule has 0 bridgehead atoms. The Balaban J connectivity index is 1.65. The summed E-state index contributed by atoms with van der Waals surface area (Å²) in [5.74, 6) is -0.0435. The average molecular weight is 440 g/mol. The number of aromatic nitrogens is 1. The van der Waals surface area contributed by atoms with Gasteiger partial charge in [-0.3, -0.25) is 4.79 Å². The van der Waals surface area contributed by atoms with Gasteiger partial charge in [-0.2, -0.15) is 0 Å². The van der Waals surface area contributed by atoms with Crippen LogP contribution in [0.1, 0.15) is 20.2 Å². The van der Waals surface area contributed by atoms with Gasteiger partial charge in [0.15, 0.2) is 0 Å². The topological polar surface area (TPSA) is 42.0 Å². The summed E-state index contributed by atoms with van der Waals surface area (Å²) in [6.07, 6.45) is 0. The number of hydrogen-bond donors (Lipinski definition) is 1. The fourth-order valence-electron chi connectivity index (χ4n) is 1.99. The third kappa shape index (κ3) is 3.74. The molecule has 0 radical (unpaired) electrons. The molecule has 1 N–H and O–H groups in total. The van der Waals surface area contributed by atoms with Crippen LogP contribution in [0.2, 0.25) is 0 Å². The number of aryl methyl sites for hydroxylation is 1. The average Bonchev–Trinajstić information content (AvgIpc) is 3.13. The molecule has 3 aromatic rings. The lowest BCUT2D eigenvalue weighted by atomic mass is 10.2. The van der Waals surface area contributed by atoms with Crippen LogP contribution in [0.15, 0.2) is 41.8 Å². The van der Waals surface area contributed by atoms with Gasteiger partial charge in [0.2, 0.25) is 0 Å². The summed E-state index contributed by atoms with van der Waals surface area (Å²) in [6, 6.07) is 11.7. The van der Waals surface area contributed by atoms with Crippen LogP contribution in [0.4, 0.5) is 0 Å². The van der Waals surface area contributed by atoms with Crippen molar-refractivity contribution < 1.29 is 4.79 Å². The Morgan fingerprint density at radius 3 is 2.91 bits per heavy atom. The van der Waals surface area contributed by atoms with Gasteiger partial charge in [-0.25, -0.2) is 4.98 Å². The van der Waals surface area contributed by atoms with E-state index in [9.17, 15) is 4.79 Å². The van der Waals surface area contributed by atoms with Gasteiger partial charge in [0.1, 0.15) is 0 Å². The van der Waals surface area contributed by atoms with Crippen molar-refractivity contribution in [2.24, 2.45) is 0 Å². The summed E-state index contributed by atoms with van der Waals surface area (Å²) in [5.41, 5.74) is 1.71. The molecule has 0 fully saturated rings.